The molecular formula is C11H7F3N4O3. The molecule has 0 radical (unpaired) electrons. The van der Waals surface area contributed by atoms with Crippen molar-refractivity contribution in [2.75, 3.05) is 5.73 Å². The molecule has 0 amide bonds. The molecule has 0 spiro atoms. The molecule has 0 atom stereocenters. The molecule has 110 valence electrons. The van der Waals surface area contributed by atoms with Crippen molar-refractivity contribution < 1.29 is 22.8 Å². The Hall–Kier alpha value is -2.91. The fourth-order valence-electron chi connectivity index (χ4n) is 1.40. The highest BCUT2D eigenvalue weighted by Crippen LogP contribution is 2.33. The Kier molecular flexibility index (Phi) is 3.61. The molecule has 0 aliphatic heterocycles. The minimum atomic E-state index is -4.48. The van der Waals surface area contributed by atoms with Crippen LogP contribution in [0.1, 0.15) is 5.56 Å². The van der Waals surface area contributed by atoms with E-state index in [0.29, 0.717) is 0 Å². The van der Waals surface area contributed by atoms with E-state index in [2.05, 4.69) is 9.97 Å². The van der Waals surface area contributed by atoms with Gasteiger partial charge in [-0.05, 0) is 24.3 Å². The fourth-order valence-corrected chi connectivity index (χ4v) is 1.40. The van der Waals surface area contributed by atoms with E-state index in [-0.39, 0.29) is 11.7 Å². The van der Waals surface area contributed by atoms with Gasteiger partial charge in [-0.15, -0.1) is 0 Å². The number of ether oxygens (including phenoxy) is 1. The van der Waals surface area contributed by atoms with Gasteiger partial charge in [0.1, 0.15) is 11.9 Å². The third-order valence-corrected chi connectivity index (χ3v) is 2.35. The predicted octanol–water partition coefficient (Wildman–Crippen LogP) is 2.78. The standard InChI is InChI=1S/C11H7F3N4O3/c12-11(13,14)6-1-3-7(4-2-6)21-9-8(18(19)20)5-16-10(15)17-9/h1-5H,(H2,15,16,17). The highest BCUT2D eigenvalue weighted by molar-refractivity contribution is 5.44. The first-order valence-electron chi connectivity index (χ1n) is 5.39. The van der Waals surface area contributed by atoms with Crippen molar-refractivity contribution in [3.63, 3.8) is 0 Å². The van der Waals surface area contributed by atoms with Crippen molar-refractivity contribution in [2.24, 2.45) is 0 Å². The third-order valence-electron chi connectivity index (χ3n) is 2.35. The lowest BCUT2D eigenvalue weighted by molar-refractivity contribution is -0.386. The second-order valence-corrected chi connectivity index (χ2v) is 3.80. The van der Waals surface area contributed by atoms with Crippen molar-refractivity contribution in [3.8, 4) is 11.6 Å². The lowest BCUT2D eigenvalue weighted by Gasteiger charge is -2.08. The van der Waals surface area contributed by atoms with Crippen molar-refractivity contribution in [2.45, 2.75) is 6.18 Å². The number of alkyl halides is 3. The van der Waals surface area contributed by atoms with Crippen molar-refractivity contribution in [1.82, 2.24) is 9.97 Å². The topological polar surface area (TPSA) is 104 Å². The summed E-state index contributed by atoms with van der Waals surface area (Å²) in [4.78, 5) is 17.0. The van der Waals surface area contributed by atoms with Crippen LogP contribution in [0.15, 0.2) is 30.5 Å². The number of halogens is 3. The molecule has 0 bridgehead atoms. The molecule has 7 nitrogen and oxygen atoms in total. The van der Waals surface area contributed by atoms with E-state index >= 15 is 0 Å². The third kappa shape index (κ3) is 3.35. The van der Waals surface area contributed by atoms with Crippen LogP contribution in [0, 0.1) is 10.1 Å². The lowest BCUT2D eigenvalue weighted by Crippen LogP contribution is -2.04. The van der Waals surface area contributed by atoms with Gasteiger partial charge in [0.05, 0.1) is 10.5 Å². The predicted molar refractivity (Wildman–Crippen MR) is 64.6 cm³/mol. The summed E-state index contributed by atoms with van der Waals surface area (Å²) in [6, 6.07) is 3.60. The van der Waals surface area contributed by atoms with Crippen molar-refractivity contribution >= 4 is 11.6 Å². The summed E-state index contributed by atoms with van der Waals surface area (Å²) in [6.07, 6.45) is -3.63. The lowest BCUT2D eigenvalue weighted by atomic mass is 10.2. The molecule has 2 N–H and O–H groups in total. The number of benzene rings is 1. The van der Waals surface area contributed by atoms with E-state index < -0.39 is 28.2 Å². The monoisotopic (exact) mass is 300 g/mol. The average molecular weight is 300 g/mol. The first kappa shape index (κ1) is 14.5. The molecule has 1 heterocycles. The van der Waals surface area contributed by atoms with Crippen LogP contribution in [-0.4, -0.2) is 14.9 Å². The second-order valence-electron chi connectivity index (χ2n) is 3.80. The summed E-state index contributed by atoms with van der Waals surface area (Å²) < 4.78 is 42.3. The fraction of sp³-hybridized carbons (Fsp3) is 0.0909. The van der Waals surface area contributed by atoms with Gasteiger partial charge in [0.2, 0.25) is 5.95 Å². The molecule has 1 aromatic carbocycles. The van der Waals surface area contributed by atoms with Crippen LogP contribution in [0.25, 0.3) is 0 Å². The Morgan fingerprint density at radius 2 is 1.86 bits per heavy atom. The minimum absolute atomic E-state index is 0.0517. The number of nitrogens with two attached hydrogens (primary N) is 1. The van der Waals surface area contributed by atoms with Crippen LogP contribution in [0.5, 0.6) is 11.6 Å². The minimum Gasteiger partial charge on any atom is -0.434 e. The molecule has 10 heteroatoms. The number of aromatic nitrogens is 2. The Balaban J connectivity index is 2.30. The molecule has 0 saturated heterocycles. The van der Waals surface area contributed by atoms with Crippen LogP contribution < -0.4 is 10.5 Å². The highest BCUT2D eigenvalue weighted by atomic mass is 19.4. The summed E-state index contributed by atoms with van der Waals surface area (Å²) in [6.45, 7) is 0. The SMILES string of the molecule is Nc1ncc([N+](=O)[O-])c(Oc2ccc(C(F)(F)F)cc2)n1. The number of hydrogen-bond donors (Lipinski definition) is 1. The maximum atomic E-state index is 12.4. The first-order valence-corrected chi connectivity index (χ1v) is 5.39. The van der Waals surface area contributed by atoms with Crippen molar-refractivity contribution in [3.05, 3.63) is 46.1 Å². The molecule has 2 aromatic rings. The Bertz CT molecular complexity index is 673. The van der Waals surface area contributed by atoms with Crippen molar-refractivity contribution in [1.29, 1.82) is 0 Å². The number of hydrogen-bond acceptors (Lipinski definition) is 6. The quantitative estimate of drug-likeness (QED) is 0.690. The van der Waals surface area contributed by atoms with E-state index in [9.17, 15) is 23.3 Å². The van der Waals surface area contributed by atoms with E-state index in [1.807, 2.05) is 0 Å². The molecule has 0 aliphatic rings. The van der Waals surface area contributed by atoms with Gasteiger partial charge in [-0.1, -0.05) is 0 Å². The number of rotatable bonds is 3. The Morgan fingerprint density at radius 3 is 2.38 bits per heavy atom. The van der Waals surface area contributed by atoms with Gasteiger partial charge in [-0.3, -0.25) is 10.1 Å². The molecule has 0 unspecified atom stereocenters. The van der Waals surface area contributed by atoms with E-state index in [1.165, 1.54) is 0 Å². The molecular weight excluding hydrogens is 293 g/mol. The molecule has 21 heavy (non-hydrogen) atoms. The van der Waals surface area contributed by atoms with Gasteiger partial charge in [0.15, 0.2) is 0 Å². The highest BCUT2D eigenvalue weighted by Gasteiger charge is 2.30. The first-order chi connectivity index (χ1) is 9.77. The van der Waals surface area contributed by atoms with Gasteiger partial charge in [0, 0.05) is 0 Å². The normalized spacial score (nSPS) is 11.2. The molecule has 0 saturated carbocycles. The Morgan fingerprint density at radius 1 is 1.24 bits per heavy atom. The smallest absolute Gasteiger partial charge is 0.416 e. The van der Waals surface area contributed by atoms with E-state index in [4.69, 9.17) is 10.5 Å². The average Bonchev–Trinajstić information content (AvgIpc) is 2.38. The van der Waals surface area contributed by atoms with Gasteiger partial charge in [0.25, 0.3) is 0 Å². The zero-order valence-corrected chi connectivity index (χ0v) is 10.2. The maximum Gasteiger partial charge on any atom is 0.416 e. The summed E-state index contributed by atoms with van der Waals surface area (Å²) in [7, 11) is 0. The van der Waals surface area contributed by atoms with Crippen LogP contribution in [0.4, 0.5) is 24.8 Å². The number of nitrogens with zero attached hydrogens (tertiary/aromatic N) is 3. The summed E-state index contributed by atoms with van der Waals surface area (Å²) in [5.41, 5.74) is 3.87. The van der Waals surface area contributed by atoms with Crippen LogP contribution >= 0.6 is 0 Å². The Labute approximate surface area is 115 Å². The summed E-state index contributed by atoms with van der Waals surface area (Å²) >= 11 is 0. The number of nitro groups is 1. The summed E-state index contributed by atoms with van der Waals surface area (Å²) in [5, 5.41) is 10.8. The molecule has 2 rings (SSSR count). The maximum absolute atomic E-state index is 12.4. The zero-order chi connectivity index (χ0) is 15.6. The second kappa shape index (κ2) is 5.23. The molecule has 0 fully saturated rings. The number of anilines is 1. The largest absolute Gasteiger partial charge is 0.434 e. The molecule has 1 aromatic heterocycles. The van der Waals surface area contributed by atoms with Gasteiger partial charge in [-0.2, -0.15) is 18.2 Å². The van der Waals surface area contributed by atoms with E-state index in [1.54, 1.807) is 0 Å². The number of nitrogen functional groups attached to an aromatic ring is 1. The molecule has 0 aliphatic carbocycles. The van der Waals surface area contributed by atoms with E-state index in [0.717, 1.165) is 30.5 Å². The van der Waals surface area contributed by atoms with Crippen LogP contribution in [-0.2, 0) is 6.18 Å². The van der Waals surface area contributed by atoms with Gasteiger partial charge < -0.3 is 10.5 Å². The summed E-state index contributed by atoms with van der Waals surface area (Å²) in [5.74, 6) is -0.765. The zero-order valence-electron chi connectivity index (χ0n) is 10.2. The van der Waals surface area contributed by atoms with Crippen LogP contribution in [0.2, 0.25) is 0 Å². The van der Waals surface area contributed by atoms with Crippen LogP contribution in [0.3, 0.4) is 0 Å². The van der Waals surface area contributed by atoms with Gasteiger partial charge >= 0.3 is 17.7 Å². The van der Waals surface area contributed by atoms with Gasteiger partial charge in [-0.25, -0.2) is 4.98 Å².